The van der Waals surface area contributed by atoms with Crippen LogP contribution in [0.4, 0.5) is 0 Å². The maximum absolute atomic E-state index is 10.9. The Labute approximate surface area is 82.4 Å². The van der Waals surface area contributed by atoms with Crippen LogP contribution in [0.25, 0.3) is 0 Å². The minimum atomic E-state index is -2.71. The molecule has 0 saturated carbocycles. The largest absolute Gasteiger partial charge is 0.750 e. The zero-order valence-corrected chi connectivity index (χ0v) is 7.73. The fourth-order valence-corrected chi connectivity index (χ4v) is 0.857. The monoisotopic (exact) mass is 216 g/mol. The van der Waals surface area contributed by atoms with Crippen LogP contribution in [0.2, 0.25) is 0 Å². The molecule has 6 nitrogen and oxygen atoms in total. The summed E-state index contributed by atoms with van der Waals surface area (Å²) in [4.78, 5) is 14.6. The molecule has 1 aromatic rings. The van der Waals surface area contributed by atoms with Crippen molar-refractivity contribution >= 4 is 17.3 Å². The van der Waals surface area contributed by atoms with Crippen molar-refractivity contribution in [2.45, 2.75) is 0 Å². The molecular formula is C7H6NO5S-. The van der Waals surface area contributed by atoms with Gasteiger partial charge >= 0.3 is 5.97 Å². The molecule has 0 aliphatic carbocycles. The minimum Gasteiger partial charge on any atom is -0.750 e. The molecular weight excluding hydrogens is 210 g/mol. The summed E-state index contributed by atoms with van der Waals surface area (Å²) in [5.74, 6) is -0.569. The van der Waals surface area contributed by atoms with Crippen molar-refractivity contribution in [2.75, 3.05) is 6.61 Å². The van der Waals surface area contributed by atoms with E-state index in [0.717, 1.165) is 0 Å². The van der Waals surface area contributed by atoms with Crippen molar-refractivity contribution in [1.29, 1.82) is 0 Å². The summed E-state index contributed by atoms with van der Waals surface area (Å²) in [5.41, 5.74) is 0. The van der Waals surface area contributed by atoms with E-state index >= 15 is 0 Å². The van der Waals surface area contributed by atoms with Gasteiger partial charge in [-0.15, -0.1) is 0 Å². The van der Waals surface area contributed by atoms with Crippen LogP contribution in [0, 0.1) is 0 Å². The lowest BCUT2D eigenvalue weighted by Gasteiger charge is -2.05. The lowest BCUT2D eigenvalue weighted by atomic mass is 10.5. The number of nitrogens with zero attached hydrogens (tertiary/aromatic N) is 1. The molecule has 0 saturated heterocycles. The number of carbonyl (C=O) groups is 1. The number of carbonyl (C=O) groups excluding carboxylic acids is 1. The van der Waals surface area contributed by atoms with Gasteiger partial charge in [0.05, 0.1) is 17.6 Å². The molecule has 1 heterocycles. The van der Waals surface area contributed by atoms with Crippen LogP contribution in [0.1, 0.15) is 0 Å². The Morgan fingerprint density at radius 3 is 3.00 bits per heavy atom. The maximum Gasteiger partial charge on any atom is 0.338 e. The number of hydrogen-bond donors (Lipinski definition) is 0. The van der Waals surface area contributed by atoms with E-state index in [1.54, 1.807) is 6.07 Å². The predicted octanol–water partition coefficient (Wildman–Crippen LogP) is -0.202. The van der Waals surface area contributed by atoms with Gasteiger partial charge in [-0.2, -0.15) is 0 Å². The Kier molecular flexibility index (Phi) is 4.17. The third-order valence-electron chi connectivity index (χ3n) is 1.14. The molecule has 1 aromatic heterocycles. The quantitative estimate of drug-likeness (QED) is 0.511. The molecule has 0 amide bonds. The summed E-state index contributed by atoms with van der Waals surface area (Å²) in [6.07, 6.45) is 2.84. The molecule has 0 N–H and O–H groups in total. The van der Waals surface area contributed by atoms with Crippen LogP contribution >= 0.6 is 0 Å². The Morgan fingerprint density at radius 1 is 1.64 bits per heavy atom. The van der Waals surface area contributed by atoms with Gasteiger partial charge in [-0.25, -0.2) is 9.00 Å². The molecule has 1 rings (SSSR count). The topological polar surface area (TPSA) is 88.6 Å². The summed E-state index contributed by atoms with van der Waals surface area (Å²) < 4.78 is 28.5. The van der Waals surface area contributed by atoms with Crippen molar-refractivity contribution in [3.05, 3.63) is 24.5 Å². The van der Waals surface area contributed by atoms with Crippen LogP contribution in [-0.4, -0.2) is 26.3 Å². The first-order valence-corrected chi connectivity index (χ1v) is 4.52. The number of rotatable bonds is 4. The van der Waals surface area contributed by atoms with Gasteiger partial charge in [-0.1, -0.05) is 0 Å². The molecule has 0 fully saturated rings. The highest BCUT2D eigenvalue weighted by atomic mass is 32.2. The summed E-state index contributed by atoms with van der Waals surface area (Å²) in [6.45, 7) is -0.648. The molecule has 0 aliphatic heterocycles. The van der Waals surface area contributed by atoms with Crippen molar-refractivity contribution in [3.63, 3.8) is 0 Å². The summed E-state index contributed by atoms with van der Waals surface area (Å²) in [6, 6.07) is 3.09. The lowest BCUT2D eigenvalue weighted by Crippen LogP contribution is -2.16. The number of hydrogen-bond acceptors (Lipinski definition) is 6. The average molecular weight is 216 g/mol. The van der Waals surface area contributed by atoms with E-state index in [-0.39, 0.29) is 5.75 Å². The smallest absolute Gasteiger partial charge is 0.338 e. The summed E-state index contributed by atoms with van der Waals surface area (Å²) in [7, 11) is 0. The standard InChI is InChI=1S/C7H7NO5S/c9-7(5-12-14(10)11)13-6-2-1-3-8-4-6/h1-4H,5H2,(H,10,11)/p-1. The first kappa shape index (κ1) is 10.8. The van der Waals surface area contributed by atoms with Gasteiger partial charge < -0.3 is 9.29 Å². The van der Waals surface area contributed by atoms with Crippen LogP contribution in [-0.2, 0) is 20.3 Å². The van der Waals surface area contributed by atoms with Crippen molar-refractivity contribution < 1.29 is 22.5 Å². The second kappa shape index (κ2) is 5.43. The van der Waals surface area contributed by atoms with E-state index in [4.69, 9.17) is 0 Å². The number of aromatic nitrogens is 1. The van der Waals surface area contributed by atoms with E-state index in [9.17, 15) is 13.6 Å². The second-order valence-electron chi connectivity index (χ2n) is 2.13. The Bertz CT molecular complexity index is 328. The fraction of sp³-hybridized carbons (Fsp3) is 0.143. The second-order valence-corrected chi connectivity index (χ2v) is 2.77. The van der Waals surface area contributed by atoms with Crippen molar-refractivity contribution in [1.82, 2.24) is 4.98 Å². The Balaban J connectivity index is 2.38. The summed E-state index contributed by atoms with van der Waals surface area (Å²) >= 11 is -2.71. The van der Waals surface area contributed by atoms with Gasteiger partial charge in [-0.3, -0.25) is 9.17 Å². The highest BCUT2D eigenvalue weighted by molar-refractivity contribution is 7.74. The minimum absolute atomic E-state index is 0.234. The Morgan fingerprint density at radius 2 is 2.43 bits per heavy atom. The molecule has 0 aliphatic rings. The average Bonchev–Trinajstić information content (AvgIpc) is 2.16. The zero-order chi connectivity index (χ0) is 10.4. The fourth-order valence-electron chi connectivity index (χ4n) is 0.665. The Hall–Kier alpha value is -1.31. The van der Waals surface area contributed by atoms with Gasteiger partial charge in [0, 0.05) is 6.20 Å². The predicted molar refractivity (Wildman–Crippen MR) is 44.7 cm³/mol. The highest BCUT2D eigenvalue weighted by Gasteiger charge is 2.04. The van der Waals surface area contributed by atoms with Gasteiger partial charge in [0.15, 0.2) is 6.61 Å². The van der Waals surface area contributed by atoms with Crippen LogP contribution in [0.5, 0.6) is 5.75 Å². The molecule has 1 unspecified atom stereocenters. The van der Waals surface area contributed by atoms with E-state index in [1.807, 2.05) is 0 Å². The molecule has 0 bridgehead atoms. The van der Waals surface area contributed by atoms with Gasteiger partial charge in [0.1, 0.15) is 5.75 Å². The highest BCUT2D eigenvalue weighted by Crippen LogP contribution is 2.06. The van der Waals surface area contributed by atoms with E-state index in [0.29, 0.717) is 0 Å². The third-order valence-corrected chi connectivity index (χ3v) is 1.45. The number of pyridine rings is 1. The molecule has 0 radical (unpaired) electrons. The first-order chi connectivity index (χ1) is 6.68. The first-order valence-electron chi connectivity index (χ1n) is 3.52. The zero-order valence-electron chi connectivity index (χ0n) is 6.91. The van der Waals surface area contributed by atoms with Gasteiger partial charge in [-0.05, 0) is 12.1 Å². The molecule has 0 aromatic carbocycles. The van der Waals surface area contributed by atoms with E-state index in [1.165, 1.54) is 18.5 Å². The lowest BCUT2D eigenvalue weighted by molar-refractivity contribution is -0.136. The molecule has 1 atom stereocenters. The normalized spacial score (nSPS) is 12.1. The molecule has 14 heavy (non-hydrogen) atoms. The maximum atomic E-state index is 10.9. The van der Waals surface area contributed by atoms with Gasteiger partial charge in [0.2, 0.25) is 0 Å². The molecule has 7 heteroatoms. The van der Waals surface area contributed by atoms with Crippen molar-refractivity contribution in [2.24, 2.45) is 0 Å². The number of esters is 1. The SMILES string of the molecule is O=C(COS(=O)[O-])Oc1cccnc1. The number of ether oxygens (including phenoxy) is 1. The molecule has 76 valence electrons. The van der Waals surface area contributed by atoms with Crippen LogP contribution < -0.4 is 4.74 Å². The molecule has 0 spiro atoms. The van der Waals surface area contributed by atoms with E-state index < -0.39 is 23.9 Å². The van der Waals surface area contributed by atoms with Gasteiger partial charge in [0.25, 0.3) is 0 Å². The van der Waals surface area contributed by atoms with Crippen LogP contribution in [0.3, 0.4) is 0 Å². The third kappa shape index (κ3) is 4.08. The summed E-state index contributed by atoms with van der Waals surface area (Å²) in [5, 5.41) is 0. The van der Waals surface area contributed by atoms with Crippen LogP contribution in [0.15, 0.2) is 24.5 Å². The van der Waals surface area contributed by atoms with Crippen molar-refractivity contribution in [3.8, 4) is 5.75 Å². The van der Waals surface area contributed by atoms with E-state index in [2.05, 4.69) is 13.9 Å².